The Morgan fingerprint density at radius 1 is 1.47 bits per heavy atom. The highest BCUT2D eigenvalue weighted by molar-refractivity contribution is 7.10. The zero-order chi connectivity index (χ0) is 10.8. The minimum Gasteiger partial charge on any atom is -0.464 e. The molecule has 80 valence electrons. The van der Waals surface area contributed by atoms with Gasteiger partial charge in [-0.3, -0.25) is 5.84 Å². The van der Waals surface area contributed by atoms with Crippen molar-refractivity contribution in [3.05, 3.63) is 45.0 Å². The number of halogens is 1. The van der Waals surface area contributed by atoms with Gasteiger partial charge in [0.2, 0.25) is 0 Å². The maximum absolute atomic E-state index is 6.04. The van der Waals surface area contributed by atoms with Gasteiger partial charge in [0, 0.05) is 4.88 Å². The first-order valence-electron chi connectivity index (χ1n) is 4.47. The standard InChI is InChI=1S/C10H11ClN2OS/c1-6-2-3-8(14-6)9(13-12)10-7(11)4-5-15-10/h2-5,9,13H,12H2,1H3. The summed E-state index contributed by atoms with van der Waals surface area (Å²) in [5.41, 5.74) is 2.71. The van der Waals surface area contributed by atoms with Crippen LogP contribution in [0.2, 0.25) is 5.02 Å². The van der Waals surface area contributed by atoms with Gasteiger partial charge in [0.05, 0.1) is 5.02 Å². The first kappa shape index (κ1) is 10.7. The predicted molar refractivity (Wildman–Crippen MR) is 61.9 cm³/mol. The van der Waals surface area contributed by atoms with Crippen LogP contribution in [0.3, 0.4) is 0 Å². The highest BCUT2D eigenvalue weighted by Gasteiger charge is 2.19. The lowest BCUT2D eigenvalue weighted by molar-refractivity contribution is 0.437. The van der Waals surface area contributed by atoms with Gasteiger partial charge in [-0.05, 0) is 30.5 Å². The van der Waals surface area contributed by atoms with Gasteiger partial charge in [-0.1, -0.05) is 11.6 Å². The van der Waals surface area contributed by atoms with E-state index in [1.165, 1.54) is 0 Å². The normalized spacial score (nSPS) is 13.0. The maximum atomic E-state index is 6.04. The van der Waals surface area contributed by atoms with Crippen LogP contribution in [0.5, 0.6) is 0 Å². The molecule has 2 aromatic heterocycles. The molecule has 0 spiro atoms. The number of hydrogen-bond acceptors (Lipinski definition) is 4. The second-order valence-electron chi connectivity index (χ2n) is 3.18. The Kier molecular flexibility index (Phi) is 3.11. The number of nitrogens with two attached hydrogens (primary N) is 1. The molecule has 0 saturated heterocycles. The maximum Gasteiger partial charge on any atom is 0.127 e. The van der Waals surface area contributed by atoms with Crippen LogP contribution in [-0.4, -0.2) is 0 Å². The molecule has 1 unspecified atom stereocenters. The summed E-state index contributed by atoms with van der Waals surface area (Å²) in [6, 6.07) is 5.48. The van der Waals surface area contributed by atoms with Gasteiger partial charge in [-0.15, -0.1) is 11.3 Å². The molecule has 0 fully saturated rings. The Balaban J connectivity index is 2.36. The third-order valence-corrected chi connectivity index (χ3v) is 3.54. The van der Waals surface area contributed by atoms with E-state index < -0.39 is 0 Å². The van der Waals surface area contributed by atoms with Crippen LogP contribution in [0, 0.1) is 6.92 Å². The minimum atomic E-state index is -0.175. The number of thiophene rings is 1. The molecule has 0 aliphatic carbocycles. The van der Waals surface area contributed by atoms with E-state index in [1.807, 2.05) is 30.5 Å². The molecular weight excluding hydrogens is 232 g/mol. The molecule has 0 amide bonds. The quantitative estimate of drug-likeness (QED) is 0.643. The lowest BCUT2D eigenvalue weighted by atomic mass is 10.2. The number of rotatable bonds is 3. The van der Waals surface area contributed by atoms with Crippen molar-refractivity contribution in [2.45, 2.75) is 13.0 Å². The number of furan rings is 1. The highest BCUT2D eigenvalue weighted by Crippen LogP contribution is 2.32. The second kappa shape index (κ2) is 4.37. The van der Waals surface area contributed by atoms with Crippen molar-refractivity contribution < 1.29 is 4.42 Å². The summed E-state index contributed by atoms with van der Waals surface area (Å²) >= 11 is 7.60. The topological polar surface area (TPSA) is 51.2 Å². The van der Waals surface area contributed by atoms with Crippen LogP contribution < -0.4 is 11.3 Å². The van der Waals surface area contributed by atoms with Crippen LogP contribution in [0.1, 0.15) is 22.4 Å². The van der Waals surface area contributed by atoms with Crippen molar-refractivity contribution >= 4 is 22.9 Å². The van der Waals surface area contributed by atoms with Crippen LogP contribution in [0.25, 0.3) is 0 Å². The van der Waals surface area contributed by atoms with E-state index in [4.69, 9.17) is 21.9 Å². The molecule has 3 nitrogen and oxygen atoms in total. The molecule has 0 bridgehead atoms. The van der Waals surface area contributed by atoms with Gasteiger partial charge in [-0.2, -0.15) is 0 Å². The summed E-state index contributed by atoms with van der Waals surface area (Å²) in [4.78, 5) is 0.966. The number of hydrazine groups is 1. The van der Waals surface area contributed by atoms with E-state index in [0.29, 0.717) is 5.02 Å². The fraction of sp³-hybridized carbons (Fsp3) is 0.200. The number of hydrogen-bond donors (Lipinski definition) is 2. The molecule has 15 heavy (non-hydrogen) atoms. The van der Waals surface area contributed by atoms with E-state index in [0.717, 1.165) is 16.4 Å². The van der Waals surface area contributed by atoms with Crippen LogP contribution >= 0.6 is 22.9 Å². The molecular formula is C10H11ClN2OS. The monoisotopic (exact) mass is 242 g/mol. The lowest BCUT2D eigenvalue weighted by Gasteiger charge is -2.11. The Hall–Kier alpha value is -0.810. The summed E-state index contributed by atoms with van der Waals surface area (Å²) in [7, 11) is 0. The molecule has 2 heterocycles. The van der Waals surface area contributed by atoms with Gasteiger partial charge in [0.15, 0.2) is 0 Å². The van der Waals surface area contributed by atoms with Crippen molar-refractivity contribution in [1.82, 2.24) is 5.43 Å². The predicted octanol–water partition coefficient (Wildman–Crippen LogP) is 2.86. The summed E-state index contributed by atoms with van der Waals surface area (Å²) in [5, 5.41) is 2.63. The third kappa shape index (κ3) is 2.08. The van der Waals surface area contributed by atoms with Gasteiger partial charge in [0.25, 0.3) is 0 Å². The molecule has 0 aromatic carbocycles. The molecule has 0 radical (unpaired) electrons. The average molecular weight is 243 g/mol. The van der Waals surface area contributed by atoms with Crippen LogP contribution in [0.4, 0.5) is 0 Å². The molecule has 5 heteroatoms. The van der Waals surface area contributed by atoms with E-state index >= 15 is 0 Å². The van der Waals surface area contributed by atoms with Crippen molar-refractivity contribution in [3.63, 3.8) is 0 Å². The molecule has 2 rings (SSSR count). The average Bonchev–Trinajstić information content (AvgIpc) is 2.79. The lowest BCUT2D eigenvalue weighted by Crippen LogP contribution is -2.28. The zero-order valence-corrected chi connectivity index (χ0v) is 9.73. The molecule has 0 aliphatic rings. The van der Waals surface area contributed by atoms with E-state index in [1.54, 1.807) is 11.3 Å². The first-order valence-corrected chi connectivity index (χ1v) is 5.73. The molecule has 0 aliphatic heterocycles. The number of nitrogens with one attached hydrogen (secondary N) is 1. The van der Waals surface area contributed by atoms with Gasteiger partial charge in [0.1, 0.15) is 17.6 Å². The van der Waals surface area contributed by atoms with Crippen molar-refractivity contribution in [1.29, 1.82) is 0 Å². The van der Waals surface area contributed by atoms with E-state index in [-0.39, 0.29) is 6.04 Å². The SMILES string of the molecule is Cc1ccc(C(NN)c2sccc2Cl)o1. The van der Waals surface area contributed by atoms with Gasteiger partial charge < -0.3 is 4.42 Å². The van der Waals surface area contributed by atoms with Crippen LogP contribution in [0.15, 0.2) is 28.0 Å². The Labute approximate surface area is 96.8 Å². The zero-order valence-electron chi connectivity index (χ0n) is 8.16. The van der Waals surface area contributed by atoms with E-state index in [2.05, 4.69) is 5.43 Å². The fourth-order valence-electron chi connectivity index (χ4n) is 1.41. The molecule has 3 N–H and O–H groups in total. The summed E-state index contributed by atoms with van der Waals surface area (Å²) in [6.45, 7) is 1.90. The molecule has 0 saturated carbocycles. The third-order valence-electron chi connectivity index (χ3n) is 2.12. The van der Waals surface area contributed by atoms with Crippen molar-refractivity contribution in [3.8, 4) is 0 Å². The van der Waals surface area contributed by atoms with E-state index in [9.17, 15) is 0 Å². The first-order chi connectivity index (χ1) is 7.22. The minimum absolute atomic E-state index is 0.175. The summed E-state index contributed by atoms with van der Waals surface area (Å²) < 4.78 is 5.52. The van der Waals surface area contributed by atoms with Crippen molar-refractivity contribution in [2.24, 2.45) is 5.84 Å². The number of aryl methyl sites for hydroxylation is 1. The summed E-state index contributed by atoms with van der Waals surface area (Å²) in [6.07, 6.45) is 0. The van der Waals surface area contributed by atoms with Gasteiger partial charge in [-0.25, -0.2) is 5.43 Å². The van der Waals surface area contributed by atoms with Crippen molar-refractivity contribution in [2.75, 3.05) is 0 Å². The summed E-state index contributed by atoms with van der Waals surface area (Å²) in [5.74, 6) is 7.15. The Bertz CT molecular complexity index is 452. The van der Waals surface area contributed by atoms with Gasteiger partial charge >= 0.3 is 0 Å². The Morgan fingerprint density at radius 2 is 2.27 bits per heavy atom. The highest BCUT2D eigenvalue weighted by atomic mass is 35.5. The smallest absolute Gasteiger partial charge is 0.127 e. The second-order valence-corrected chi connectivity index (χ2v) is 4.54. The molecule has 2 aromatic rings. The Morgan fingerprint density at radius 3 is 2.73 bits per heavy atom. The van der Waals surface area contributed by atoms with Crippen LogP contribution in [-0.2, 0) is 0 Å². The molecule has 1 atom stereocenters. The fourth-order valence-corrected chi connectivity index (χ4v) is 2.64. The largest absolute Gasteiger partial charge is 0.464 e.